The molecular weight excluding hydrogens is 376 g/mol. The molecule has 0 amide bonds. The quantitative estimate of drug-likeness (QED) is 0.495. The van der Waals surface area contributed by atoms with Crippen molar-refractivity contribution in [3.63, 3.8) is 0 Å². The van der Waals surface area contributed by atoms with E-state index in [1.165, 1.54) is 0 Å². The summed E-state index contributed by atoms with van der Waals surface area (Å²) >= 11 is 0. The molecule has 0 bridgehead atoms. The molecule has 1 heterocycles. The third-order valence-corrected chi connectivity index (χ3v) is 0.425. The molecule has 1 rings (SSSR count). The van der Waals surface area contributed by atoms with Crippen LogP contribution in [-0.4, -0.2) is 21.8 Å². The second-order valence-electron chi connectivity index (χ2n) is 2.28. The molecule has 0 unspecified atom stereocenters. The van der Waals surface area contributed by atoms with E-state index in [0.29, 0.717) is 0 Å². The van der Waals surface area contributed by atoms with Crippen LogP contribution < -0.4 is 51.4 Å². The maximum absolute atomic E-state index is 9.75. The Morgan fingerprint density at radius 1 is 0.545 bits per heavy atom. The van der Waals surface area contributed by atoms with Gasteiger partial charge in [-0.2, -0.15) is 0 Å². The SMILES string of the molecule is C.F[B-](F)(F)F.F[B-](F)(F)F.F[B-](F)(F)F.[H-].[K+].c1ccoc1. The van der Waals surface area contributed by atoms with Crippen LogP contribution in [-0.2, 0) is 0 Å². The van der Waals surface area contributed by atoms with Crippen molar-refractivity contribution in [1.82, 2.24) is 0 Å². The molecule has 1 aromatic heterocycles. The second-order valence-corrected chi connectivity index (χ2v) is 2.28. The van der Waals surface area contributed by atoms with Gasteiger partial charge in [-0.1, -0.05) is 7.43 Å². The minimum Gasteiger partial charge on any atom is -1.00 e. The van der Waals surface area contributed by atoms with Gasteiger partial charge >= 0.3 is 73.1 Å². The third-order valence-electron chi connectivity index (χ3n) is 0.425. The van der Waals surface area contributed by atoms with Crippen LogP contribution in [0.25, 0.3) is 0 Å². The summed E-state index contributed by atoms with van der Waals surface area (Å²) in [6.45, 7) is 0. The molecule has 0 N–H and O–H groups in total. The molecule has 0 aliphatic rings. The Labute approximate surface area is 162 Å². The van der Waals surface area contributed by atoms with Gasteiger partial charge < -0.3 is 57.6 Å². The van der Waals surface area contributed by atoms with Crippen LogP contribution in [0.15, 0.2) is 29.1 Å². The van der Waals surface area contributed by atoms with E-state index >= 15 is 0 Å². The van der Waals surface area contributed by atoms with Crippen molar-refractivity contribution in [2.45, 2.75) is 7.43 Å². The van der Waals surface area contributed by atoms with Crippen molar-refractivity contribution in [3.8, 4) is 0 Å². The summed E-state index contributed by atoms with van der Waals surface area (Å²) in [5, 5.41) is 0. The molecule has 0 aliphatic carbocycles. The van der Waals surface area contributed by atoms with E-state index < -0.39 is 21.8 Å². The van der Waals surface area contributed by atoms with Crippen LogP contribution in [0.3, 0.4) is 0 Å². The van der Waals surface area contributed by atoms with Crippen molar-refractivity contribution in [2.75, 3.05) is 0 Å². The van der Waals surface area contributed by atoms with E-state index in [2.05, 4.69) is 4.42 Å². The predicted molar refractivity (Wildman–Crippen MR) is 57.1 cm³/mol. The number of hydrogen-bond donors (Lipinski definition) is 0. The molecule has 0 saturated heterocycles. The molecule has 0 saturated carbocycles. The Balaban J connectivity index is -0.0000000401. The molecule has 0 aliphatic heterocycles. The van der Waals surface area contributed by atoms with Gasteiger partial charge in [0.1, 0.15) is 0 Å². The van der Waals surface area contributed by atoms with Gasteiger partial charge in [0.2, 0.25) is 0 Å². The summed E-state index contributed by atoms with van der Waals surface area (Å²) in [5.74, 6) is 0. The van der Waals surface area contributed by atoms with Gasteiger partial charge in [0.05, 0.1) is 12.5 Å². The Morgan fingerprint density at radius 3 is 0.727 bits per heavy atom. The Morgan fingerprint density at radius 2 is 0.682 bits per heavy atom. The molecule has 132 valence electrons. The van der Waals surface area contributed by atoms with Crippen LogP contribution in [0.1, 0.15) is 8.85 Å². The maximum atomic E-state index is 9.75. The van der Waals surface area contributed by atoms with E-state index in [0.717, 1.165) is 0 Å². The largest absolute Gasteiger partial charge is 1.00 e. The first-order valence-corrected chi connectivity index (χ1v) is 4.09. The van der Waals surface area contributed by atoms with Crippen LogP contribution in [0.4, 0.5) is 51.8 Å². The third kappa shape index (κ3) is 271. The van der Waals surface area contributed by atoms with Crippen LogP contribution in [0, 0.1) is 0 Å². The molecule has 0 atom stereocenters. The standard InChI is InChI=1S/C4H4O.CH4.3BF4.K.H/c1-2-4-5-3-1;;3*2-1(3,4)5;;/h1-4H;1H4;;;;;/q;;3*-1;+1;-1. The zero-order chi connectivity index (χ0) is 17.0. The predicted octanol–water partition coefficient (Wildman–Crippen LogP) is 2.93. The minimum atomic E-state index is -6.00. The van der Waals surface area contributed by atoms with Crippen molar-refractivity contribution < 1.29 is 109 Å². The molecule has 1 nitrogen and oxygen atoms in total. The monoisotopic (exact) mass is 385 g/mol. The molecule has 0 aromatic carbocycles. The van der Waals surface area contributed by atoms with E-state index in [1.807, 2.05) is 12.1 Å². The number of furan rings is 1. The summed E-state index contributed by atoms with van der Waals surface area (Å²) in [4.78, 5) is 0. The molecule has 0 fully saturated rings. The molecule has 22 heavy (non-hydrogen) atoms. The van der Waals surface area contributed by atoms with Crippen molar-refractivity contribution in [1.29, 1.82) is 0 Å². The van der Waals surface area contributed by atoms with Gasteiger partial charge in [0.15, 0.2) is 0 Å². The van der Waals surface area contributed by atoms with Crippen LogP contribution >= 0.6 is 0 Å². The summed E-state index contributed by atoms with van der Waals surface area (Å²) < 4.78 is 122. The van der Waals surface area contributed by atoms with E-state index in [1.54, 1.807) is 12.5 Å². The van der Waals surface area contributed by atoms with Gasteiger partial charge in [-0.05, 0) is 12.1 Å². The van der Waals surface area contributed by atoms with E-state index in [-0.39, 0.29) is 60.2 Å². The maximum Gasteiger partial charge on any atom is 1.00 e. The fourth-order valence-electron chi connectivity index (χ4n) is 0.227. The van der Waals surface area contributed by atoms with Gasteiger partial charge in [0, 0.05) is 0 Å². The van der Waals surface area contributed by atoms with Crippen molar-refractivity contribution in [2.24, 2.45) is 0 Å². The molecule has 0 spiro atoms. The number of halogens is 12. The topological polar surface area (TPSA) is 13.1 Å². The zero-order valence-corrected chi connectivity index (χ0v) is 13.1. The fraction of sp³-hybridized carbons (Fsp3) is 0.200. The molecule has 0 radical (unpaired) electrons. The summed E-state index contributed by atoms with van der Waals surface area (Å²) in [7, 11) is -18.0. The Hall–Kier alpha value is 0.271. The average molecular weight is 385 g/mol. The smallest absolute Gasteiger partial charge is 1.00 e. The second kappa shape index (κ2) is 16.1. The first-order valence-electron chi connectivity index (χ1n) is 4.09. The number of hydrogen-bond acceptors (Lipinski definition) is 1. The van der Waals surface area contributed by atoms with Gasteiger partial charge in [-0.3, -0.25) is 0 Å². The van der Waals surface area contributed by atoms with Crippen LogP contribution in [0.5, 0.6) is 0 Å². The zero-order valence-electron chi connectivity index (χ0n) is 11.0. The Kier molecular flexibility index (Phi) is 24.8. The first-order chi connectivity index (χ1) is 8.50. The normalized spacial score (nSPS) is 10.0. The minimum absolute atomic E-state index is 0. The van der Waals surface area contributed by atoms with E-state index in [9.17, 15) is 51.8 Å². The average Bonchev–Trinajstić information content (AvgIpc) is 2.45. The molecular formula is C5H9B3F12KO-3. The summed E-state index contributed by atoms with van der Waals surface area (Å²) in [6, 6.07) is 3.67. The first kappa shape index (κ1) is 33.8. The van der Waals surface area contributed by atoms with Crippen molar-refractivity contribution >= 4 is 21.8 Å². The van der Waals surface area contributed by atoms with Crippen LogP contribution in [0.2, 0.25) is 0 Å². The summed E-state index contributed by atoms with van der Waals surface area (Å²) in [5.41, 5.74) is 0. The Bertz CT molecular complexity index is 237. The van der Waals surface area contributed by atoms with Gasteiger partial charge in [-0.25, -0.2) is 0 Å². The number of rotatable bonds is 0. The van der Waals surface area contributed by atoms with E-state index in [4.69, 9.17) is 0 Å². The summed E-state index contributed by atoms with van der Waals surface area (Å²) in [6.07, 6.45) is 3.25. The van der Waals surface area contributed by atoms with Gasteiger partial charge in [-0.15, -0.1) is 0 Å². The van der Waals surface area contributed by atoms with Gasteiger partial charge in [0.25, 0.3) is 0 Å². The molecule has 1 aromatic rings. The fourth-order valence-corrected chi connectivity index (χ4v) is 0.227. The van der Waals surface area contributed by atoms with Crippen molar-refractivity contribution in [3.05, 3.63) is 24.7 Å². The molecule has 17 heteroatoms.